The van der Waals surface area contributed by atoms with Gasteiger partial charge in [0.05, 0.1) is 18.4 Å². The summed E-state index contributed by atoms with van der Waals surface area (Å²) in [6.07, 6.45) is -0.268. The van der Waals surface area contributed by atoms with Crippen molar-refractivity contribution in [1.82, 2.24) is 5.32 Å². The molecule has 0 radical (unpaired) electrons. The molecule has 6 heteroatoms. The van der Waals surface area contributed by atoms with E-state index < -0.39 is 6.10 Å². The van der Waals surface area contributed by atoms with Gasteiger partial charge in [-0.2, -0.15) is 0 Å². The minimum absolute atomic E-state index is 0.248. The van der Waals surface area contributed by atoms with E-state index in [4.69, 9.17) is 9.47 Å². The van der Waals surface area contributed by atoms with E-state index >= 15 is 0 Å². The molecule has 1 atom stereocenters. The number of benzene rings is 2. The smallest absolute Gasteiger partial charge is 0.265 e. The summed E-state index contributed by atoms with van der Waals surface area (Å²) in [5.74, 6) is 0.468. The number of ether oxygens (including phenoxy) is 2. The second-order valence-corrected chi connectivity index (χ2v) is 7.40. The van der Waals surface area contributed by atoms with Crippen molar-refractivity contribution in [2.75, 3.05) is 12.4 Å². The van der Waals surface area contributed by atoms with Gasteiger partial charge in [-0.1, -0.05) is 31.2 Å². The number of hydrogen-bond acceptors (Lipinski definition) is 4. The number of anilines is 1. The van der Waals surface area contributed by atoms with E-state index in [2.05, 4.69) is 10.6 Å². The highest BCUT2D eigenvalue weighted by molar-refractivity contribution is 6.04. The maximum atomic E-state index is 12.8. The molecule has 0 aliphatic carbocycles. The Labute approximate surface area is 166 Å². The fraction of sp³-hybridized carbons (Fsp3) is 0.364. The molecule has 2 N–H and O–H groups in total. The summed E-state index contributed by atoms with van der Waals surface area (Å²) in [5.41, 5.74) is 0.460. The van der Waals surface area contributed by atoms with Crippen molar-refractivity contribution in [2.24, 2.45) is 0 Å². The van der Waals surface area contributed by atoms with E-state index in [1.807, 2.05) is 39.8 Å². The summed E-state index contributed by atoms with van der Waals surface area (Å²) < 4.78 is 11.1. The zero-order valence-electron chi connectivity index (χ0n) is 17.0. The van der Waals surface area contributed by atoms with E-state index in [0.29, 0.717) is 29.2 Å². The van der Waals surface area contributed by atoms with Crippen LogP contribution in [0.4, 0.5) is 5.69 Å². The highest BCUT2D eigenvalue weighted by Crippen LogP contribution is 2.27. The minimum atomic E-state index is -0.727. The van der Waals surface area contributed by atoms with Gasteiger partial charge >= 0.3 is 0 Å². The first-order valence-electron chi connectivity index (χ1n) is 9.27. The highest BCUT2D eigenvalue weighted by Gasteiger charge is 2.23. The lowest BCUT2D eigenvalue weighted by atomic mass is 10.1. The van der Waals surface area contributed by atoms with Crippen molar-refractivity contribution in [2.45, 2.75) is 45.8 Å². The van der Waals surface area contributed by atoms with Gasteiger partial charge in [0.2, 0.25) is 0 Å². The molecule has 2 aromatic carbocycles. The molecular formula is C22H28N2O4. The normalized spacial score (nSPS) is 12.0. The van der Waals surface area contributed by atoms with Crippen LogP contribution in [0, 0.1) is 0 Å². The van der Waals surface area contributed by atoms with E-state index in [0.717, 1.165) is 0 Å². The van der Waals surface area contributed by atoms with Gasteiger partial charge in [0.1, 0.15) is 0 Å². The first kappa shape index (κ1) is 21.3. The number of hydrogen-bond donors (Lipinski definition) is 2. The van der Waals surface area contributed by atoms with Crippen molar-refractivity contribution in [3.8, 4) is 11.5 Å². The Kier molecular flexibility index (Phi) is 7.04. The molecule has 0 aliphatic heterocycles. The number of rotatable bonds is 7. The van der Waals surface area contributed by atoms with Crippen molar-refractivity contribution in [3.05, 3.63) is 54.1 Å². The van der Waals surface area contributed by atoms with Crippen LogP contribution in [0.2, 0.25) is 0 Å². The molecule has 2 amide bonds. The monoisotopic (exact) mass is 384 g/mol. The summed E-state index contributed by atoms with van der Waals surface area (Å²) in [6, 6.07) is 14.1. The van der Waals surface area contributed by atoms with Crippen LogP contribution in [0.15, 0.2) is 48.5 Å². The van der Waals surface area contributed by atoms with Gasteiger partial charge in [0, 0.05) is 5.54 Å². The molecule has 0 aliphatic rings. The third-order valence-electron chi connectivity index (χ3n) is 3.92. The van der Waals surface area contributed by atoms with Gasteiger partial charge in [-0.25, -0.2) is 0 Å². The van der Waals surface area contributed by atoms with Crippen LogP contribution in [0.5, 0.6) is 11.5 Å². The van der Waals surface area contributed by atoms with Gasteiger partial charge in [0.25, 0.3) is 11.8 Å². The first-order chi connectivity index (χ1) is 13.2. The lowest BCUT2D eigenvalue weighted by Gasteiger charge is -2.22. The molecule has 0 bridgehead atoms. The Morgan fingerprint density at radius 3 is 2.21 bits per heavy atom. The van der Waals surface area contributed by atoms with E-state index in [9.17, 15) is 9.59 Å². The molecule has 0 heterocycles. The van der Waals surface area contributed by atoms with Crippen LogP contribution in [-0.2, 0) is 4.79 Å². The summed E-state index contributed by atoms with van der Waals surface area (Å²) in [7, 11) is 1.55. The van der Waals surface area contributed by atoms with Gasteiger partial charge in [-0.05, 0) is 51.5 Å². The Morgan fingerprint density at radius 1 is 1.00 bits per heavy atom. The van der Waals surface area contributed by atoms with Crippen LogP contribution in [0.25, 0.3) is 0 Å². The SMILES string of the molecule is CC[C@@H](Oc1ccccc1OC)C(=O)Nc1ccccc1C(=O)NC(C)(C)C. The number of carbonyl (C=O) groups is 2. The third kappa shape index (κ3) is 5.74. The summed E-state index contributed by atoms with van der Waals surface area (Å²) in [6.45, 7) is 7.57. The van der Waals surface area contributed by atoms with Crippen LogP contribution in [0.3, 0.4) is 0 Å². The number of amides is 2. The molecule has 0 unspecified atom stereocenters. The summed E-state index contributed by atoms with van der Waals surface area (Å²) in [4.78, 5) is 25.4. The molecule has 0 fully saturated rings. The van der Waals surface area contributed by atoms with Crippen LogP contribution < -0.4 is 20.1 Å². The van der Waals surface area contributed by atoms with Gasteiger partial charge in [-0.3, -0.25) is 9.59 Å². The van der Waals surface area contributed by atoms with Crippen molar-refractivity contribution >= 4 is 17.5 Å². The Morgan fingerprint density at radius 2 is 1.61 bits per heavy atom. The number of nitrogens with one attached hydrogen (secondary N) is 2. The van der Waals surface area contributed by atoms with E-state index in [-0.39, 0.29) is 17.4 Å². The van der Waals surface area contributed by atoms with Crippen molar-refractivity contribution in [1.29, 1.82) is 0 Å². The standard InChI is InChI=1S/C22H28N2O4/c1-6-17(28-19-14-10-9-13-18(19)27-5)21(26)23-16-12-8-7-11-15(16)20(25)24-22(2,3)4/h7-14,17H,6H2,1-5H3,(H,23,26)(H,24,25)/t17-/m1/s1. The fourth-order valence-electron chi connectivity index (χ4n) is 2.60. The average Bonchev–Trinajstić information content (AvgIpc) is 2.65. The van der Waals surface area contributed by atoms with Crippen LogP contribution >= 0.6 is 0 Å². The number of carbonyl (C=O) groups excluding carboxylic acids is 2. The zero-order chi connectivity index (χ0) is 20.7. The summed E-state index contributed by atoms with van der Waals surface area (Å²) in [5, 5.41) is 5.73. The Bertz CT molecular complexity index is 827. The molecule has 0 saturated carbocycles. The van der Waals surface area contributed by atoms with Gasteiger partial charge < -0.3 is 20.1 Å². The van der Waals surface area contributed by atoms with Gasteiger partial charge in [0.15, 0.2) is 17.6 Å². The maximum Gasteiger partial charge on any atom is 0.265 e. The summed E-state index contributed by atoms with van der Waals surface area (Å²) >= 11 is 0. The molecule has 6 nitrogen and oxygen atoms in total. The molecule has 0 aromatic heterocycles. The Balaban J connectivity index is 2.18. The highest BCUT2D eigenvalue weighted by atomic mass is 16.5. The molecule has 0 saturated heterocycles. The molecule has 28 heavy (non-hydrogen) atoms. The topological polar surface area (TPSA) is 76.7 Å². The van der Waals surface area contributed by atoms with E-state index in [1.54, 1.807) is 43.5 Å². The fourth-order valence-corrected chi connectivity index (χ4v) is 2.60. The molecule has 0 spiro atoms. The molecule has 2 aromatic rings. The second-order valence-electron chi connectivity index (χ2n) is 7.40. The van der Waals surface area contributed by atoms with Crippen LogP contribution in [0.1, 0.15) is 44.5 Å². The van der Waals surface area contributed by atoms with Crippen molar-refractivity contribution in [3.63, 3.8) is 0 Å². The molecular weight excluding hydrogens is 356 g/mol. The quantitative estimate of drug-likeness (QED) is 0.756. The Hall–Kier alpha value is -3.02. The first-order valence-corrected chi connectivity index (χ1v) is 9.27. The van der Waals surface area contributed by atoms with Crippen LogP contribution in [-0.4, -0.2) is 30.6 Å². The minimum Gasteiger partial charge on any atom is -0.493 e. The van der Waals surface area contributed by atoms with Crippen molar-refractivity contribution < 1.29 is 19.1 Å². The lowest BCUT2D eigenvalue weighted by Crippen LogP contribution is -2.41. The van der Waals surface area contributed by atoms with E-state index in [1.165, 1.54) is 0 Å². The third-order valence-corrected chi connectivity index (χ3v) is 3.92. The lowest BCUT2D eigenvalue weighted by molar-refractivity contribution is -0.122. The molecule has 2 rings (SSSR count). The molecule has 150 valence electrons. The second kappa shape index (κ2) is 9.26. The largest absolute Gasteiger partial charge is 0.493 e. The predicted octanol–water partition coefficient (Wildman–Crippen LogP) is 4.02. The average molecular weight is 384 g/mol. The predicted molar refractivity (Wildman–Crippen MR) is 110 cm³/mol. The van der Waals surface area contributed by atoms with Gasteiger partial charge in [-0.15, -0.1) is 0 Å². The zero-order valence-corrected chi connectivity index (χ0v) is 17.0. The number of methoxy groups -OCH3 is 1. The number of para-hydroxylation sites is 3. The maximum absolute atomic E-state index is 12.8.